The Labute approximate surface area is 199 Å². The molecule has 1 aliphatic heterocycles. The summed E-state index contributed by atoms with van der Waals surface area (Å²) in [5.41, 5.74) is 2.79. The average molecular weight is 497 g/mol. The van der Waals surface area contributed by atoms with Crippen LogP contribution < -0.4 is 9.26 Å². The van der Waals surface area contributed by atoms with E-state index >= 15 is 0 Å². The molecule has 1 aliphatic rings. The van der Waals surface area contributed by atoms with Crippen LogP contribution in [-0.2, 0) is 27.1 Å². The fraction of sp³-hybridized carbons (Fsp3) is 0.348. The number of phenols is 1. The smallest absolute Gasteiger partial charge is 0.402 e. The van der Waals surface area contributed by atoms with Gasteiger partial charge in [0.05, 0.1) is 13.7 Å². The highest BCUT2D eigenvalue weighted by Crippen LogP contribution is 2.43. The summed E-state index contributed by atoms with van der Waals surface area (Å²) in [6.45, 7) is 3.81. The van der Waals surface area contributed by atoms with Gasteiger partial charge in [-0.15, -0.1) is 0 Å². The number of hydrogen-bond acceptors (Lipinski definition) is 8. The molecule has 0 aliphatic carbocycles. The maximum atomic E-state index is 12.1. The van der Waals surface area contributed by atoms with Gasteiger partial charge in [0.1, 0.15) is 29.4 Å². The first-order valence-corrected chi connectivity index (χ1v) is 12.7. The van der Waals surface area contributed by atoms with Gasteiger partial charge >= 0.3 is 13.6 Å². The zero-order valence-electron chi connectivity index (χ0n) is 19.0. The lowest BCUT2D eigenvalue weighted by Crippen LogP contribution is -2.05. The number of thiol groups is 1. The van der Waals surface area contributed by atoms with E-state index in [0.29, 0.717) is 16.9 Å². The molecule has 3 rings (SSSR count). The van der Waals surface area contributed by atoms with Crippen molar-refractivity contribution in [3.63, 3.8) is 0 Å². The Hall–Kier alpha value is -2.45. The van der Waals surface area contributed by atoms with Gasteiger partial charge in [-0.05, 0) is 44.2 Å². The van der Waals surface area contributed by atoms with Crippen LogP contribution in [0.15, 0.2) is 42.0 Å². The molecule has 180 valence electrons. The summed E-state index contributed by atoms with van der Waals surface area (Å²) >= 11 is 3.53. The topological polar surface area (TPSA) is 112 Å². The number of phenolic OH excluding ortho intramolecular Hbond substituents is 1. The number of benzene rings is 2. The second kappa shape index (κ2) is 12.1. The van der Waals surface area contributed by atoms with E-state index in [1.54, 1.807) is 49.6 Å². The van der Waals surface area contributed by atoms with Crippen LogP contribution in [-0.4, -0.2) is 42.3 Å². The van der Waals surface area contributed by atoms with E-state index in [4.69, 9.17) is 18.7 Å². The highest BCUT2D eigenvalue weighted by molar-refractivity contribution is 7.79. The Balaban J connectivity index is 0.00000187. The summed E-state index contributed by atoms with van der Waals surface area (Å²) in [5.74, 6) is 0.0783. The molecule has 0 fully saturated rings. The van der Waals surface area contributed by atoms with Gasteiger partial charge < -0.3 is 28.7 Å². The molecule has 0 bridgehead atoms. The second-order valence-electron chi connectivity index (χ2n) is 7.19. The zero-order valence-corrected chi connectivity index (χ0v) is 20.8. The molecule has 2 aromatic rings. The molecule has 1 heterocycles. The average Bonchev–Trinajstić information content (AvgIpc) is 3.18. The number of methoxy groups -OCH3 is 1. The minimum atomic E-state index is -3.95. The lowest BCUT2D eigenvalue weighted by molar-refractivity contribution is 0.0533. The molecular formula is C23H29O8PS. The summed E-state index contributed by atoms with van der Waals surface area (Å²) < 4.78 is 33.1. The van der Waals surface area contributed by atoms with Crippen molar-refractivity contribution >= 4 is 26.2 Å². The van der Waals surface area contributed by atoms with E-state index in [9.17, 15) is 19.4 Å². The number of esters is 1. The zero-order chi connectivity index (χ0) is 24.6. The lowest BCUT2D eigenvalue weighted by Gasteiger charge is -2.16. The number of aromatic hydroxyl groups is 1. The fourth-order valence-corrected chi connectivity index (χ4v) is 4.18. The molecule has 1 atom stereocenters. The first-order valence-electron chi connectivity index (χ1n) is 10.1. The van der Waals surface area contributed by atoms with Crippen molar-refractivity contribution in [1.82, 2.24) is 0 Å². The summed E-state index contributed by atoms with van der Waals surface area (Å²) in [4.78, 5) is 21.9. The Kier molecular flexibility index (Phi) is 9.86. The fourth-order valence-electron chi connectivity index (χ4n) is 3.36. The standard InChI is InChI=1S/C22H25O8P.CH4S/c1-14(11-28-13-31(25,26)30-16-7-5-4-6-8-16)9-10-17-20(23)19-18(12-29-22(19)24)15(2)21(17)27-3;1-2/h4-9,23H,10-13H2,1-3H3,(H,25,26);2H,1H3/b14-9+;. The summed E-state index contributed by atoms with van der Waals surface area (Å²) in [6, 6.07) is 8.35. The van der Waals surface area contributed by atoms with Crippen LogP contribution in [0.3, 0.4) is 0 Å². The number of carbonyl (C=O) groups is 1. The normalized spacial score (nSPS) is 14.5. The lowest BCUT2D eigenvalue weighted by atomic mass is 9.95. The largest absolute Gasteiger partial charge is 0.507 e. The van der Waals surface area contributed by atoms with Gasteiger partial charge in [0.2, 0.25) is 0 Å². The van der Waals surface area contributed by atoms with Gasteiger partial charge in [-0.25, -0.2) is 9.36 Å². The minimum Gasteiger partial charge on any atom is -0.507 e. The Morgan fingerprint density at radius 3 is 2.58 bits per heavy atom. The van der Waals surface area contributed by atoms with Crippen molar-refractivity contribution in [3.05, 3.63) is 64.2 Å². The molecule has 33 heavy (non-hydrogen) atoms. The van der Waals surface area contributed by atoms with Crippen LogP contribution in [0.2, 0.25) is 0 Å². The number of carbonyl (C=O) groups excluding carboxylic acids is 1. The second-order valence-corrected chi connectivity index (χ2v) is 8.90. The molecule has 8 nitrogen and oxygen atoms in total. The van der Waals surface area contributed by atoms with Crippen LogP contribution in [0, 0.1) is 6.92 Å². The highest BCUT2D eigenvalue weighted by atomic mass is 32.1. The molecule has 0 saturated carbocycles. The number of ether oxygens (including phenoxy) is 3. The first kappa shape index (κ1) is 26.8. The Bertz CT molecular complexity index is 1050. The summed E-state index contributed by atoms with van der Waals surface area (Å²) in [7, 11) is -2.45. The molecular weight excluding hydrogens is 467 g/mol. The summed E-state index contributed by atoms with van der Waals surface area (Å²) in [5, 5.41) is 10.6. The number of allylic oxidation sites excluding steroid dienone is 1. The minimum absolute atomic E-state index is 0.0950. The summed E-state index contributed by atoms with van der Waals surface area (Å²) in [6.07, 6.45) is 3.30. The molecule has 0 aromatic heterocycles. The van der Waals surface area contributed by atoms with Crippen LogP contribution in [0.5, 0.6) is 17.2 Å². The molecule has 0 amide bonds. The molecule has 0 spiro atoms. The van der Waals surface area contributed by atoms with E-state index in [-0.39, 0.29) is 36.7 Å². The SMILES string of the molecule is COc1c(C)c2c(c(O)c1C/C=C(\C)COCP(=O)(O)Oc1ccccc1)C(=O)OC2.CS. The quantitative estimate of drug-likeness (QED) is 0.199. The maximum absolute atomic E-state index is 12.1. The van der Waals surface area contributed by atoms with E-state index in [1.165, 1.54) is 7.11 Å². The Morgan fingerprint density at radius 1 is 1.27 bits per heavy atom. The number of cyclic esters (lactones) is 1. The Morgan fingerprint density at radius 2 is 1.94 bits per heavy atom. The van der Waals surface area contributed by atoms with Crippen LogP contribution >= 0.6 is 20.2 Å². The van der Waals surface area contributed by atoms with Gasteiger partial charge in [-0.3, -0.25) is 0 Å². The molecule has 10 heteroatoms. The van der Waals surface area contributed by atoms with E-state index in [2.05, 4.69) is 12.6 Å². The van der Waals surface area contributed by atoms with E-state index < -0.39 is 19.9 Å². The van der Waals surface area contributed by atoms with Crippen LogP contribution in [0.1, 0.15) is 34.0 Å². The maximum Gasteiger partial charge on any atom is 0.402 e. The third kappa shape index (κ3) is 6.77. The predicted molar refractivity (Wildman–Crippen MR) is 129 cm³/mol. The van der Waals surface area contributed by atoms with E-state index in [1.807, 2.05) is 6.92 Å². The third-order valence-corrected chi connectivity index (χ3v) is 5.88. The molecule has 0 radical (unpaired) electrons. The van der Waals surface area contributed by atoms with Crippen molar-refractivity contribution in [3.8, 4) is 17.2 Å². The van der Waals surface area contributed by atoms with Gasteiger partial charge in [0, 0.05) is 11.1 Å². The van der Waals surface area contributed by atoms with Crippen LogP contribution in [0.25, 0.3) is 0 Å². The van der Waals surface area contributed by atoms with Gasteiger partial charge in [0.15, 0.2) is 6.35 Å². The third-order valence-electron chi connectivity index (χ3n) is 4.88. The van der Waals surface area contributed by atoms with Gasteiger partial charge in [0.25, 0.3) is 0 Å². The van der Waals surface area contributed by atoms with Gasteiger partial charge in [-0.2, -0.15) is 12.6 Å². The first-order chi connectivity index (χ1) is 15.7. The molecule has 2 N–H and O–H groups in total. The number of hydrogen-bond donors (Lipinski definition) is 3. The van der Waals surface area contributed by atoms with Crippen LogP contribution in [0.4, 0.5) is 0 Å². The van der Waals surface area contributed by atoms with E-state index in [0.717, 1.165) is 11.1 Å². The molecule has 2 aromatic carbocycles. The number of para-hydroxylation sites is 1. The highest BCUT2D eigenvalue weighted by Gasteiger charge is 2.31. The van der Waals surface area contributed by atoms with Crippen molar-refractivity contribution in [1.29, 1.82) is 0 Å². The number of rotatable bonds is 9. The predicted octanol–water partition coefficient (Wildman–Crippen LogP) is 4.65. The van der Waals surface area contributed by atoms with Crippen molar-refractivity contribution in [2.24, 2.45) is 0 Å². The molecule has 1 unspecified atom stereocenters. The van der Waals surface area contributed by atoms with Crippen molar-refractivity contribution in [2.75, 3.05) is 26.3 Å². The van der Waals surface area contributed by atoms with Crippen molar-refractivity contribution < 1.29 is 38.1 Å². The monoisotopic (exact) mass is 496 g/mol. The van der Waals surface area contributed by atoms with Crippen molar-refractivity contribution in [2.45, 2.75) is 26.9 Å². The van der Waals surface area contributed by atoms with Gasteiger partial charge in [-0.1, -0.05) is 29.8 Å². The molecule has 0 saturated heterocycles. The number of fused-ring (bicyclic) bond motifs is 1.